The molecule has 6 nitrogen and oxygen atoms in total. The summed E-state index contributed by atoms with van der Waals surface area (Å²) in [5.74, 6) is 1.44. The van der Waals surface area contributed by atoms with Crippen molar-refractivity contribution in [3.63, 3.8) is 0 Å². The Morgan fingerprint density at radius 2 is 2.08 bits per heavy atom. The molecule has 0 aromatic heterocycles. The smallest absolute Gasteiger partial charge is 0.226 e. The Labute approximate surface area is 160 Å². The Morgan fingerprint density at radius 3 is 2.81 bits per heavy atom. The molecule has 0 radical (unpaired) electrons. The number of carbonyl (C=O) groups is 1. The van der Waals surface area contributed by atoms with Crippen LogP contribution >= 0.6 is 11.6 Å². The highest BCUT2D eigenvalue weighted by molar-refractivity contribution is 6.31. The highest BCUT2D eigenvalue weighted by Crippen LogP contribution is 2.28. The zero-order valence-electron chi connectivity index (χ0n) is 15.6. The lowest BCUT2D eigenvalue weighted by Crippen LogP contribution is -2.39. The second kappa shape index (κ2) is 11.0. The van der Waals surface area contributed by atoms with Gasteiger partial charge in [-0.3, -0.25) is 9.79 Å². The van der Waals surface area contributed by atoms with Gasteiger partial charge in [-0.05, 0) is 49.8 Å². The Balaban J connectivity index is 1.57. The van der Waals surface area contributed by atoms with E-state index in [1.54, 1.807) is 13.1 Å². The molecule has 1 aliphatic rings. The summed E-state index contributed by atoms with van der Waals surface area (Å²) in [5, 5.41) is 9.89. The number of ether oxygens (including phenoxy) is 1. The molecule has 1 aliphatic carbocycles. The monoisotopic (exact) mass is 380 g/mol. The van der Waals surface area contributed by atoms with Gasteiger partial charge in [0, 0.05) is 50.5 Å². The maximum absolute atomic E-state index is 12.1. The van der Waals surface area contributed by atoms with E-state index in [4.69, 9.17) is 16.3 Å². The quantitative estimate of drug-likeness (QED) is 0.331. The van der Waals surface area contributed by atoms with Crippen LogP contribution in [-0.4, -0.2) is 45.2 Å². The van der Waals surface area contributed by atoms with Crippen molar-refractivity contribution in [2.75, 3.05) is 38.7 Å². The van der Waals surface area contributed by atoms with E-state index < -0.39 is 0 Å². The van der Waals surface area contributed by atoms with Crippen molar-refractivity contribution in [1.29, 1.82) is 0 Å². The predicted molar refractivity (Wildman–Crippen MR) is 107 cm³/mol. The SMILES string of the molecule is CN=C(NCCCOCC1CC1)NCCC(=O)Nc1cccc(Cl)c1C. The molecule has 0 unspecified atom stereocenters. The summed E-state index contributed by atoms with van der Waals surface area (Å²) in [6.07, 6.45) is 3.91. The van der Waals surface area contributed by atoms with Crippen molar-refractivity contribution in [3.05, 3.63) is 28.8 Å². The van der Waals surface area contributed by atoms with Gasteiger partial charge in [0.15, 0.2) is 5.96 Å². The summed E-state index contributed by atoms with van der Waals surface area (Å²) >= 11 is 6.06. The van der Waals surface area contributed by atoms with E-state index in [1.165, 1.54) is 12.8 Å². The predicted octanol–water partition coefficient (Wildman–Crippen LogP) is 2.96. The molecule has 1 saturated carbocycles. The number of hydrogen-bond donors (Lipinski definition) is 3. The molecule has 0 spiro atoms. The zero-order chi connectivity index (χ0) is 18.8. The molecule has 1 aromatic rings. The lowest BCUT2D eigenvalue weighted by Gasteiger charge is -2.13. The summed E-state index contributed by atoms with van der Waals surface area (Å²) in [6.45, 7) is 4.84. The van der Waals surface area contributed by atoms with E-state index in [2.05, 4.69) is 20.9 Å². The fourth-order valence-electron chi connectivity index (χ4n) is 2.39. The number of carbonyl (C=O) groups excluding carboxylic acids is 1. The summed E-state index contributed by atoms with van der Waals surface area (Å²) in [6, 6.07) is 5.47. The van der Waals surface area contributed by atoms with E-state index in [1.807, 2.05) is 19.1 Å². The fraction of sp³-hybridized carbons (Fsp3) is 0.579. The van der Waals surface area contributed by atoms with Crippen molar-refractivity contribution < 1.29 is 9.53 Å². The van der Waals surface area contributed by atoms with Crippen LogP contribution in [0.2, 0.25) is 5.02 Å². The zero-order valence-corrected chi connectivity index (χ0v) is 16.4. The Hall–Kier alpha value is -1.79. The van der Waals surface area contributed by atoms with Crippen LogP contribution in [0.3, 0.4) is 0 Å². The molecular weight excluding hydrogens is 352 g/mol. The van der Waals surface area contributed by atoms with Crippen LogP contribution in [0.1, 0.15) is 31.2 Å². The third kappa shape index (κ3) is 7.62. The first-order chi connectivity index (χ1) is 12.6. The Morgan fingerprint density at radius 1 is 1.31 bits per heavy atom. The Kier molecular flexibility index (Phi) is 8.71. The molecule has 1 aromatic carbocycles. The lowest BCUT2D eigenvalue weighted by atomic mass is 10.2. The molecule has 144 valence electrons. The lowest BCUT2D eigenvalue weighted by molar-refractivity contribution is -0.116. The third-order valence-electron chi connectivity index (χ3n) is 4.22. The number of rotatable bonds is 10. The molecule has 3 N–H and O–H groups in total. The van der Waals surface area contributed by atoms with E-state index in [0.717, 1.165) is 43.3 Å². The highest BCUT2D eigenvalue weighted by atomic mass is 35.5. The van der Waals surface area contributed by atoms with E-state index >= 15 is 0 Å². The number of hydrogen-bond acceptors (Lipinski definition) is 3. The number of nitrogens with zero attached hydrogens (tertiary/aromatic N) is 1. The van der Waals surface area contributed by atoms with Gasteiger partial charge in [-0.2, -0.15) is 0 Å². The van der Waals surface area contributed by atoms with Crippen LogP contribution in [0, 0.1) is 12.8 Å². The molecule has 2 rings (SSSR count). The first-order valence-electron chi connectivity index (χ1n) is 9.17. The first kappa shape index (κ1) is 20.5. The van der Waals surface area contributed by atoms with Crippen LogP contribution < -0.4 is 16.0 Å². The normalized spacial score (nSPS) is 14.2. The number of guanidine groups is 1. The van der Waals surface area contributed by atoms with Gasteiger partial charge in [0.25, 0.3) is 0 Å². The van der Waals surface area contributed by atoms with Crippen molar-refractivity contribution in [3.8, 4) is 0 Å². The third-order valence-corrected chi connectivity index (χ3v) is 4.63. The summed E-state index contributed by atoms with van der Waals surface area (Å²) in [7, 11) is 1.72. The number of amides is 1. The van der Waals surface area contributed by atoms with Gasteiger partial charge in [0.2, 0.25) is 5.91 Å². The van der Waals surface area contributed by atoms with Gasteiger partial charge in [-0.1, -0.05) is 17.7 Å². The van der Waals surface area contributed by atoms with Crippen molar-refractivity contribution >= 4 is 29.2 Å². The maximum Gasteiger partial charge on any atom is 0.226 e. The van der Waals surface area contributed by atoms with E-state index in [0.29, 0.717) is 23.9 Å². The fourth-order valence-corrected chi connectivity index (χ4v) is 2.56. The second-order valence-corrected chi connectivity index (χ2v) is 6.92. The largest absolute Gasteiger partial charge is 0.381 e. The van der Waals surface area contributed by atoms with Crippen molar-refractivity contribution in [1.82, 2.24) is 10.6 Å². The summed E-state index contributed by atoms with van der Waals surface area (Å²) < 4.78 is 5.60. The maximum atomic E-state index is 12.1. The van der Waals surface area contributed by atoms with Gasteiger partial charge < -0.3 is 20.7 Å². The van der Waals surface area contributed by atoms with Crippen LogP contribution in [0.5, 0.6) is 0 Å². The molecule has 0 heterocycles. The average molecular weight is 381 g/mol. The number of nitrogens with one attached hydrogen (secondary N) is 3. The average Bonchev–Trinajstić information content (AvgIpc) is 3.44. The van der Waals surface area contributed by atoms with E-state index in [-0.39, 0.29) is 5.91 Å². The first-order valence-corrected chi connectivity index (χ1v) is 9.55. The van der Waals surface area contributed by atoms with Crippen LogP contribution in [0.4, 0.5) is 5.69 Å². The van der Waals surface area contributed by atoms with Gasteiger partial charge >= 0.3 is 0 Å². The van der Waals surface area contributed by atoms with Crippen LogP contribution in [0.15, 0.2) is 23.2 Å². The number of anilines is 1. The second-order valence-electron chi connectivity index (χ2n) is 6.51. The number of benzene rings is 1. The summed E-state index contributed by atoms with van der Waals surface area (Å²) in [5.41, 5.74) is 1.62. The molecule has 26 heavy (non-hydrogen) atoms. The highest BCUT2D eigenvalue weighted by Gasteiger charge is 2.20. The molecule has 0 atom stereocenters. The number of halogens is 1. The molecule has 0 bridgehead atoms. The van der Waals surface area contributed by atoms with Crippen molar-refractivity contribution in [2.45, 2.75) is 32.6 Å². The summed E-state index contributed by atoms with van der Waals surface area (Å²) in [4.78, 5) is 16.2. The molecule has 1 amide bonds. The molecule has 1 fully saturated rings. The van der Waals surface area contributed by atoms with Crippen molar-refractivity contribution in [2.24, 2.45) is 10.9 Å². The minimum absolute atomic E-state index is 0.0632. The topological polar surface area (TPSA) is 74.8 Å². The van der Waals surface area contributed by atoms with Crippen LogP contribution in [-0.2, 0) is 9.53 Å². The van der Waals surface area contributed by atoms with Crippen LogP contribution in [0.25, 0.3) is 0 Å². The van der Waals surface area contributed by atoms with E-state index in [9.17, 15) is 4.79 Å². The molecule has 0 saturated heterocycles. The minimum Gasteiger partial charge on any atom is -0.381 e. The van der Waals surface area contributed by atoms with Gasteiger partial charge in [0.1, 0.15) is 0 Å². The number of aliphatic imine (C=N–C) groups is 1. The van der Waals surface area contributed by atoms with Gasteiger partial charge in [-0.25, -0.2) is 0 Å². The molecular formula is C19H29ClN4O2. The standard InChI is InChI=1S/C19H29ClN4O2/c1-14-16(20)5-3-6-17(14)24-18(25)9-11-23-19(21-2)22-10-4-12-26-13-15-7-8-15/h3,5-6,15H,4,7-13H2,1-2H3,(H,24,25)(H2,21,22,23). The van der Waals surface area contributed by atoms with Gasteiger partial charge in [0.05, 0.1) is 0 Å². The minimum atomic E-state index is -0.0632. The van der Waals surface area contributed by atoms with Gasteiger partial charge in [-0.15, -0.1) is 0 Å². The molecule has 0 aliphatic heterocycles. The Bertz CT molecular complexity index is 618. The molecule has 7 heteroatoms.